The van der Waals surface area contributed by atoms with Gasteiger partial charge in [-0.2, -0.15) is 0 Å². The number of aromatic nitrogens is 3. The second-order valence-electron chi connectivity index (χ2n) is 6.37. The number of hydrogen-bond donors (Lipinski definition) is 2. The van der Waals surface area contributed by atoms with Crippen molar-refractivity contribution in [3.05, 3.63) is 35.7 Å². The molecule has 132 valence electrons. The first-order chi connectivity index (χ1) is 11.9. The average Bonchev–Trinajstić information content (AvgIpc) is 2.87. The predicted octanol–water partition coefficient (Wildman–Crippen LogP) is 2.22. The molecule has 1 atom stereocenters. The largest absolute Gasteiger partial charge is 0.334 e. The van der Waals surface area contributed by atoms with Crippen molar-refractivity contribution < 1.29 is 9.59 Å². The maximum atomic E-state index is 11.6. The molecule has 1 aromatic carbocycles. The van der Waals surface area contributed by atoms with Crippen LogP contribution in [0.2, 0.25) is 0 Å². The monoisotopic (exact) mass is 359 g/mol. The number of rotatable bonds is 5. The number of hydrogen-bond acceptors (Lipinski definition) is 5. The normalized spacial score (nSPS) is 17.5. The van der Waals surface area contributed by atoms with Gasteiger partial charge in [0.2, 0.25) is 5.91 Å². The van der Waals surface area contributed by atoms with E-state index in [0.717, 1.165) is 22.2 Å². The lowest BCUT2D eigenvalue weighted by atomic mass is 10.1. The second kappa shape index (κ2) is 7.26. The molecule has 0 radical (unpaired) electrons. The van der Waals surface area contributed by atoms with E-state index in [1.165, 1.54) is 0 Å². The number of thioether (sulfide) groups is 1. The Morgan fingerprint density at radius 2 is 2.12 bits per heavy atom. The van der Waals surface area contributed by atoms with Gasteiger partial charge < -0.3 is 5.32 Å². The Balaban J connectivity index is 1.94. The van der Waals surface area contributed by atoms with Gasteiger partial charge in [0.15, 0.2) is 5.16 Å². The Morgan fingerprint density at radius 1 is 1.32 bits per heavy atom. The van der Waals surface area contributed by atoms with Gasteiger partial charge in [-0.15, -0.1) is 10.2 Å². The minimum Gasteiger partial charge on any atom is -0.334 e. The van der Waals surface area contributed by atoms with E-state index in [9.17, 15) is 9.59 Å². The molecule has 3 rings (SSSR count). The van der Waals surface area contributed by atoms with E-state index in [1.807, 2.05) is 29.7 Å². The fourth-order valence-electron chi connectivity index (χ4n) is 2.76. The lowest BCUT2D eigenvalue weighted by molar-refractivity contribution is -0.121. The van der Waals surface area contributed by atoms with E-state index in [0.29, 0.717) is 11.7 Å². The highest BCUT2D eigenvalue weighted by atomic mass is 32.2. The van der Waals surface area contributed by atoms with Crippen molar-refractivity contribution in [3.63, 3.8) is 0 Å². The van der Waals surface area contributed by atoms with Crippen LogP contribution < -0.4 is 10.6 Å². The van der Waals surface area contributed by atoms with Crippen molar-refractivity contribution in [2.45, 2.75) is 50.1 Å². The zero-order chi connectivity index (χ0) is 18.0. The van der Waals surface area contributed by atoms with Crippen molar-refractivity contribution in [2.24, 2.45) is 0 Å². The molecule has 25 heavy (non-hydrogen) atoms. The summed E-state index contributed by atoms with van der Waals surface area (Å²) in [5.74, 6) is 0.459. The molecule has 2 aromatic rings. The number of carbonyl (C=O) groups excluding carboxylic acids is 2. The van der Waals surface area contributed by atoms with E-state index in [2.05, 4.69) is 40.7 Å². The molecule has 2 heterocycles. The zero-order valence-corrected chi connectivity index (χ0v) is 15.3. The third kappa shape index (κ3) is 4.19. The Bertz CT molecular complexity index is 786. The van der Waals surface area contributed by atoms with Crippen LogP contribution in [0, 0.1) is 6.92 Å². The number of benzene rings is 1. The van der Waals surface area contributed by atoms with Crippen LogP contribution in [0.5, 0.6) is 0 Å². The van der Waals surface area contributed by atoms with Gasteiger partial charge in [-0.1, -0.05) is 37.7 Å². The molecule has 7 nitrogen and oxygen atoms in total. The summed E-state index contributed by atoms with van der Waals surface area (Å²) in [5.41, 5.74) is 2.12. The van der Waals surface area contributed by atoms with Gasteiger partial charge in [0, 0.05) is 29.8 Å². The Hall–Kier alpha value is -2.35. The Kier molecular flexibility index (Phi) is 5.08. The van der Waals surface area contributed by atoms with Crippen LogP contribution >= 0.6 is 11.8 Å². The van der Waals surface area contributed by atoms with Crippen LogP contribution in [0.4, 0.5) is 4.79 Å². The summed E-state index contributed by atoms with van der Waals surface area (Å²) >= 11 is 1.63. The molecule has 0 bridgehead atoms. The van der Waals surface area contributed by atoms with Gasteiger partial charge in [0.1, 0.15) is 5.82 Å². The van der Waals surface area contributed by atoms with Gasteiger partial charge in [0.05, 0.1) is 0 Å². The lowest BCUT2D eigenvalue weighted by Gasteiger charge is -2.23. The van der Waals surface area contributed by atoms with Crippen LogP contribution in [-0.4, -0.2) is 38.0 Å². The minimum absolute atomic E-state index is 0.235. The van der Waals surface area contributed by atoms with Crippen LogP contribution in [-0.2, 0) is 11.2 Å². The van der Waals surface area contributed by atoms with Crippen molar-refractivity contribution in [3.8, 4) is 5.69 Å². The smallest absolute Gasteiger partial charge is 0.321 e. The lowest BCUT2D eigenvalue weighted by Crippen LogP contribution is -2.53. The summed E-state index contributed by atoms with van der Waals surface area (Å²) in [4.78, 5) is 23.1. The number of imide groups is 1. The third-order valence-corrected chi connectivity index (χ3v) is 4.70. The van der Waals surface area contributed by atoms with Crippen LogP contribution in [0.3, 0.4) is 0 Å². The number of urea groups is 1. The van der Waals surface area contributed by atoms with Crippen LogP contribution in [0.1, 0.15) is 31.7 Å². The van der Waals surface area contributed by atoms with E-state index < -0.39 is 6.03 Å². The highest BCUT2D eigenvalue weighted by Gasteiger charge is 2.26. The zero-order valence-electron chi connectivity index (χ0n) is 14.4. The van der Waals surface area contributed by atoms with Gasteiger partial charge in [-0.3, -0.25) is 14.7 Å². The number of aryl methyl sites for hydroxylation is 1. The summed E-state index contributed by atoms with van der Waals surface area (Å²) in [5, 5.41) is 14.8. The SMILES string of the molecule is Cc1cccc(-n2c(CC3CC(=O)NC(=O)N3)nnc2SC(C)C)c1. The first kappa shape index (κ1) is 17.5. The van der Waals surface area contributed by atoms with E-state index in [4.69, 9.17) is 0 Å². The van der Waals surface area contributed by atoms with E-state index >= 15 is 0 Å². The number of carbonyl (C=O) groups is 2. The van der Waals surface area contributed by atoms with Crippen molar-refractivity contribution in [2.75, 3.05) is 0 Å². The molecule has 1 aromatic heterocycles. The van der Waals surface area contributed by atoms with Gasteiger partial charge in [0.25, 0.3) is 0 Å². The Morgan fingerprint density at radius 3 is 2.80 bits per heavy atom. The van der Waals surface area contributed by atoms with E-state index in [1.54, 1.807) is 11.8 Å². The standard InChI is InChI=1S/C17H21N5O2S/c1-10(2)25-17-21-20-14(8-12-9-15(23)19-16(24)18-12)22(17)13-6-4-5-11(3)7-13/h4-7,10,12H,8-9H2,1-3H3,(H2,18,19,23,24). The molecule has 1 aliphatic rings. The van der Waals surface area contributed by atoms with Crippen molar-refractivity contribution >= 4 is 23.7 Å². The van der Waals surface area contributed by atoms with Crippen LogP contribution in [0.25, 0.3) is 5.69 Å². The van der Waals surface area contributed by atoms with Crippen molar-refractivity contribution in [1.82, 2.24) is 25.4 Å². The summed E-state index contributed by atoms with van der Waals surface area (Å²) in [6, 6.07) is 7.37. The maximum absolute atomic E-state index is 11.6. The molecular formula is C17H21N5O2S. The average molecular weight is 359 g/mol. The molecule has 1 fully saturated rings. The first-order valence-corrected chi connectivity index (χ1v) is 9.08. The molecule has 3 amide bonds. The molecule has 1 unspecified atom stereocenters. The highest BCUT2D eigenvalue weighted by molar-refractivity contribution is 7.99. The first-order valence-electron chi connectivity index (χ1n) is 8.20. The predicted molar refractivity (Wildman–Crippen MR) is 95.9 cm³/mol. The molecule has 0 aliphatic carbocycles. The fraction of sp³-hybridized carbons (Fsp3) is 0.412. The number of amides is 3. The van der Waals surface area contributed by atoms with Gasteiger partial charge in [-0.05, 0) is 24.6 Å². The summed E-state index contributed by atoms with van der Waals surface area (Å²) in [7, 11) is 0. The van der Waals surface area contributed by atoms with E-state index in [-0.39, 0.29) is 18.4 Å². The second-order valence-corrected chi connectivity index (χ2v) is 7.91. The minimum atomic E-state index is -0.459. The molecule has 2 N–H and O–H groups in total. The van der Waals surface area contributed by atoms with Gasteiger partial charge >= 0.3 is 6.03 Å². The number of nitrogens with zero attached hydrogens (tertiary/aromatic N) is 3. The summed E-state index contributed by atoms with van der Waals surface area (Å²) < 4.78 is 2.01. The molecule has 0 saturated carbocycles. The number of nitrogens with one attached hydrogen (secondary N) is 2. The summed E-state index contributed by atoms with van der Waals surface area (Å²) in [6.45, 7) is 6.24. The molecular weight excluding hydrogens is 338 g/mol. The topological polar surface area (TPSA) is 88.9 Å². The third-order valence-electron chi connectivity index (χ3n) is 3.75. The van der Waals surface area contributed by atoms with Crippen molar-refractivity contribution in [1.29, 1.82) is 0 Å². The van der Waals surface area contributed by atoms with Crippen LogP contribution in [0.15, 0.2) is 29.4 Å². The molecule has 1 saturated heterocycles. The fourth-order valence-corrected chi connectivity index (χ4v) is 3.59. The quantitative estimate of drug-likeness (QED) is 0.799. The molecule has 0 spiro atoms. The maximum Gasteiger partial charge on any atom is 0.321 e. The highest BCUT2D eigenvalue weighted by Crippen LogP contribution is 2.26. The van der Waals surface area contributed by atoms with Gasteiger partial charge in [-0.25, -0.2) is 4.79 Å². The molecule has 1 aliphatic heterocycles. The Labute approximate surface area is 150 Å². The summed E-state index contributed by atoms with van der Waals surface area (Å²) in [6.07, 6.45) is 0.678. The molecule has 8 heteroatoms.